The van der Waals surface area contributed by atoms with Gasteiger partial charge in [0, 0.05) is 31.2 Å². The summed E-state index contributed by atoms with van der Waals surface area (Å²) in [7, 11) is 1.68. The zero-order chi connectivity index (χ0) is 21.8. The number of pyridine rings is 1. The third kappa shape index (κ3) is 4.44. The number of nitrogens with zero attached hydrogens (tertiary/aromatic N) is 2. The molecule has 3 rings (SSSR count). The first kappa shape index (κ1) is 21.3. The summed E-state index contributed by atoms with van der Waals surface area (Å²) < 4.78 is 0. The van der Waals surface area contributed by atoms with Crippen LogP contribution in [0.3, 0.4) is 0 Å². The molecule has 0 saturated carbocycles. The number of hydrogen-bond donors (Lipinski definition) is 2. The molecule has 1 heterocycles. The Balaban J connectivity index is 1.78. The highest BCUT2D eigenvalue weighted by Crippen LogP contribution is 2.26. The third-order valence-corrected chi connectivity index (χ3v) is 5.16. The Hall–Kier alpha value is -3.38. The molecule has 3 N–H and O–H groups in total. The molecule has 154 valence electrons. The average Bonchev–Trinajstić information content (AvgIpc) is 3.18. The fourth-order valence-electron chi connectivity index (χ4n) is 3.16. The molecule has 30 heavy (non-hydrogen) atoms. The van der Waals surface area contributed by atoms with E-state index in [1.807, 2.05) is 12.1 Å². The third-order valence-electron chi connectivity index (χ3n) is 4.95. The van der Waals surface area contributed by atoms with Crippen LogP contribution < -0.4 is 11.1 Å². The molecule has 0 spiro atoms. The number of hydrogen-bond acceptors (Lipinski definition) is 5. The molecule has 1 aliphatic rings. The molecule has 0 radical (unpaired) electrons. The summed E-state index contributed by atoms with van der Waals surface area (Å²) in [5, 5.41) is 3.45. The number of carbonyl (C=O) groups is 2. The number of aromatic nitrogens is 1. The molecule has 0 aliphatic heterocycles. The zero-order valence-electron chi connectivity index (χ0n) is 16.9. The largest absolute Gasteiger partial charge is 0.398 e. The van der Waals surface area contributed by atoms with Crippen LogP contribution in [0.1, 0.15) is 33.2 Å². The van der Waals surface area contributed by atoms with E-state index in [0.29, 0.717) is 57.7 Å². The summed E-state index contributed by atoms with van der Waals surface area (Å²) in [6.45, 7) is 6.41. The van der Waals surface area contributed by atoms with Crippen molar-refractivity contribution in [3.8, 4) is 0 Å². The van der Waals surface area contributed by atoms with Crippen LogP contribution in [0.2, 0.25) is 5.02 Å². The van der Waals surface area contributed by atoms with Gasteiger partial charge in [-0.05, 0) is 29.2 Å². The van der Waals surface area contributed by atoms with Crippen molar-refractivity contribution in [3.05, 3.63) is 88.3 Å². The van der Waals surface area contributed by atoms with E-state index >= 15 is 0 Å². The highest BCUT2D eigenvalue weighted by molar-refractivity contribution is 6.30. The number of amides is 1. The van der Waals surface area contributed by atoms with Gasteiger partial charge in [-0.1, -0.05) is 55.5 Å². The second kappa shape index (κ2) is 8.97. The van der Waals surface area contributed by atoms with Gasteiger partial charge in [0.05, 0.1) is 16.1 Å². The minimum Gasteiger partial charge on any atom is -0.398 e. The molecular formula is C23H23ClN4O2. The van der Waals surface area contributed by atoms with Gasteiger partial charge in [0.15, 0.2) is 6.29 Å². The first-order chi connectivity index (χ1) is 14.3. The summed E-state index contributed by atoms with van der Waals surface area (Å²) >= 11 is 5.88. The predicted octanol–water partition coefficient (Wildman–Crippen LogP) is 4.46. The number of halogens is 1. The molecule has 1 atom stereocenters. The van der Waals surface area contributed by atoms with Crippen LogP contribution in [0, 0.1) is 5.92 Å². The van der Waals surface area contributed by atoms with Crippen LogP contribution in [-0.4, -0.2) is 29.1 Å². The number of para-hydroxylation sites is 1. The van der Waals surface area contributed by atoms with Gasteiger partial charge in [-0.2, -0.15) is 0 Å². The minimum absolute atomic E-state index is 0.244. The van der Waals surface area contributed by atoms with Gasteiger partial charge in [0.25, 0.3) is 5.91 Å². The lowest BCUT2D eigenvalue weighted by atomic mass is 10.0. The lowest BCUT2D eigenvalue weighted by Gasteiger charge is -2.22. The van der Waals surface area contributed by atoms with E-state index in [1.165, 1.54) is 17.2 Å². The van der Waals surface area contributed by atoms with Crippen molar-refractivity contribution in [3.63, 3.8) is 0 Å². The minimum atomic E-state index is -0.244. The van der Waals surface area contributed by atoms with E-state index < -0.39 is 0 Å². The van der Waals surface area contributed by atoms with Crippen LogP contribution in [0.5, 0.6) is 0 Å². The van der Waals surface area contributed by atoms with Crippen LogP contribution in [0.15, 0.2) is 66.5 Å². The highest BCUT2D eigenvalue weighted by Gasteiger charge is 2.21. The lowest BCUT2D eigenvalue weighted by Crippen LogP contribution is -2.27. The first-order valence-corrected chi connectivity index (χ1v) is 9.79. The number of carbonyl (C=O) groups excluding carboxylic acids is 2. The Morgan fingerprint density at radius 3 is 2.87 bits per heavy atom. The molecule has 1 unspecified atom stereocenters. The van der Waals surface area contributed by atoms with Crippen molar-refractivity contribution >= 4 is 35.3 Å². The van der Waals surface area contributed by atoms with E-state index in [9.17, 15) is 9.59 Å². The number of rotatable bonds is 7. The SMILES string of the molecule is C=C(C1=CC(C)C=C1)N(C)C(=O)c1cccc(CNc2ncc(Cl)cc2C=O)c1N. The molecule has 1 aromatic carbocycles. The van der Waals surface area contributed by atoms with Crippen LogP contribution >= 0.6 is 11.6 Å². The van der Waals surface area contributed by atoms with Crippen molar-refractivity contribution < 1.29 is 9.59 Å². The van der Waals surface area contributed by atoms with Crippen LogP contribution in [-0.2, 0) is 6.54 Å². The number of benzene rings is 1. The summed E-state index contributed by atoms with van der Waals surface area (Å²) in [6, 6.07) is 6.79. The maximum absolute atomic E-state index is 13.0. The Labute approximate surface area is 180 Å². The molecular weight excluding hydrogens is 400 g/mol. The van der Waals surface area contributed by atoms with Gasteiger partial charge in [-0.15, -0.1) is 0 Å². The Morgan fingerprint density at radius 1 is 1.43 bits per heavy atom. The van der Waals surface area contributed by atoms with Gasteiger partial charge < -0.3 is 16.0 Å². The average molecular weight is 423 g/mol. The van der Waals surface area contributed by atoms with Gasteiger partial charge in [0.2, 0.25) is 0 Å². The Morgan fingerprint density at radius 2 is 2.20 bits per heavy atom. The normalized spacial score (nSPS) is 14.9. The number of likely N-dealkylation sites (N-methyl/N-ethyl adjacent to an activating group) is 1. The van der Waals surface area contributed by atoms with E-state index in [2.05, 4.69) is 36.0 Å². The highest BCUT2D eigenvalue weighted by atomic mass is 35.5. The van der Waals surface area contributed by atoms with Crippen molar-refractivity contribution in [1.29, 1.82) is 0 Å². The number of aldehydes is 1. The smallest absolute Gasteiger partial charge is 0.260 e. The van der Waals surface area contributed by atoms with Crippen molar-refractivity contribution in [2.75, 3.05) is 18.1 Å². The van der Waals surface area contributed by atoms with E-state index in [4.69, 9.17) is 17.3 Å². The molecule has 7 heteroatoms. The summed E-state index contributed by atoms with van der Waals surface area (Å²) in [5.74, 6) is 0.467. The number of nitrogen functional groups attached to an aromatic ring is 1. The van der Waals surface area contributed by atoms with Gasteiger partial charge in [-0.3, -0.25) is 9.59 Å². The van der Waals surface area contributed by atoms with E-state index in [-0.39, 0.29) is 5.91 Å². The fourth-order valence-corrected chi connectivity index (χ4v) is 3.33. The summed E-state index contributed by atoms with van der Waals surface area (Å²) in [6.07, 6.45) is 8.20. The monoisotopic (exact) mass is 422 g/mol. The van der Waals surface area contributed by atoms with Crippen LogP contribution in [0.4, 0.5) is 11.5 Å². The standard InChI is InChI=1S/C23H23ClN4O2/c1-14-7-8-16(9-14)15(2)28(3)23(30)20-6-4-5-17(21(20)25)11-26-22-18(13-29)10-19(24)12-27-22/h4-10,12-14H,2,11,25H2,1,3H3,(H,26,27). The fraction of sp³-hybridized carbons (Fsp3) is 0.174. The Kier molecular flexibility index (Phi) is 6.37. The van der Waals surface area contributed by atoms with Gasteiger partial charge >= 0.3 is 0 Å². The quantitative estimate of drug-likeness (QED) is 0.508. The number of anilines is 2. The summed E-state index contributed by atoms with van der Waals surface area (Å²) in [5.41, 5.74) is 9.63. The zero-order valence-corrected chi connectivity index (χ0v) is 17.6. The predicted molar refractivity (Wildman–Crippen MR) is 120 cm³/mol. The second-order valence-corrected chi connectivity index (χ2v) is 7.53. The molecule has 6 nitrogen and oxygen atoms in total. The molecule has 0 bridgehead atoms. The molecule has 0 fully saturated rings. The Bertz CT molecular complexity index is 1070. The molecule has 1 aliphatic carbocycles. The molecule has 1 amide bonds. The number of nitrogens with two attached hydrogens (primary N) is 1. The maximum Gasteiger partial charge on any atom is 0.260 e. The van der Waals surface area contributed by atoms with Crippen LogP contribution in [0.25, 0.3) is 0 Å². The topological polar surface area (TPSA) is 88.3 Å². The van der Waals surface area contributed by atoms with Gasteiger partial charge in [-0.25, -0.2) is 4.98 Å². The van der Waals surface area contributed by atoms with E-state index in [0.717, 1.165) is 5.57 Å². The summed E-state index contributed by atoms with van der Waals surface area (Å²) in [4.78, 5) is 29.9. The second-order valence-electron chi connectivity index (χ2n) is 7.09. The lowest BCUT2D eigenvalue weighted by molar-refractivity contribution is 0.0840. The van der Waals surface area contributed by atoms with Crippen molar-refractivity contribution in [2.45, 2.75) is 13.5 Å². The van der Waals surface area contributed by atoms with Crippen molar-refractivity contribution in [1.82, 2.24) is 9.88 Å². The van der Waals surface area contributed by atoms with E-state index in [1.54, 1.807) is 19.2 Å². The maximum atomic E-state index is 13.0. The molecule has 0 saturated heterocycles. The molecule has 1 aromatic heterocycles. The molecule has 2 aromatic rings. The van der Waals surface area contributed by atoms with Crippen molar-refractivity contribution in [2.24, 2.45) is 5.92 Å². The number of allylic oxidation sites excluding steroid dienone is 3. The number of nitrogens with one attached hydrogen (secondary N) is 1. The van der Waals surface area contributed by atoms with Gasteiger partial charge in [0.1, 0.15) is 5.82 Å². The first-order valence-electron chi connectivity index (χ1n) is 9.41.